The number of aliphatic carboxylic acids is 1. The van der Waals surface area contributed by atoms with E-state index in [0.717, 1.165) is 50.6 Å². The molecule has 36 heteroatoms. The number of nitrogens with one attached hydrogen (secondary N) is 2. The van der Waals surface area contributed by atoms with Crippen LogP contribution in [-0.2, 0) is 45.1 Å². The molecule has 4 aliphatic rings. The van der Waals surface area contributed by atoms with Crippen LogP contribution in [-0.4, -0.2) is 172 Å². The minimum absolute atomic E-state index is 0.0481. The van der Waals surface area contributed by atoms with Gasteiger partial charge < -0.3 is 59.3 Å². The molecular weight excluding hydrogens is 1540 g/mol. The fourth-order valence-electron chi connectivity index (χ4n) is 10.1. The lowest BCUT2D eigenvalue weighted by atomic mass is 9.99. The number of ether oxygens (including phenoxy) is 2. The van der Waals surface area contributed by atoms with Crippen molar-refractivity contribution in [1.82, 2.24) is 15.4 Å². The second-order valence-electron chi connectivity index (χ2n) is 22.8. The van der Waals surface area contributed by atoms with E-state index < -0.39 is 34.4 Å². The van der Waals surface area contributed by atoms with Gasteiger partial charge in [0.25, 0.3) is 11.8 Å². The molecule has 8 aromatic carbocycles. The first-order valence-electron chi connectivity index (χ1n) is 32.7. The number of likely N-dealkylation sites (N-methyl/N-ethyl adjacent to an activating group) is 4. The van der Waals surface area contributed by atoms with Crippen LogP contribution in [0.5, 0.6) is 5.75 Å². The van der Waals surface area contributed by atoms with E-state index in [1.54, 1.807) is 172 Å². The number of rotatable bonds is 9. The number of esters is 2. The molecule has 0 bridgehead atoms. The number of carbonyl (C=O) groups excluding carboxylic acids is 8. The molecule has 0 saturated carbocycles. The second kappa shape index (κ2) is 42.7. The highest BCUT2D eigenvalue weighted by Crippen LogP contribution is 2.61. The van der Waals surface area contributed by atoms with Crippen molar-refractivity contribution in [3.8, 4) is 5.75 Å². The fourth-order valence-corrected chi connectivity index (χ4v) is 10.4. The molecule has 0 aliphatic carbocycles. The highest BCUT2D eigenvalue weighted by atomic mass is 36.0. The Morgan fingerprint density at radius 1 is 0.568 bits per heavy atom. The Labute approximate surface area is 654 Å². The van der Waals surface area contributed by atoms with Crippen molar-refractivity contribution in [3.63, 3.8) is 0 Å². The van der Waals surface area contributed by atoms with Crippen LogP contribution in [0.4, 0.5) is 22.7 Å². The van der Waals surface area contributed by atoms with Crippen molar-refractivity contribution in [2.75, 3.05) is 94.2 Å². The van der Waals surface area contributed by atoms with Crippen LogP contribution < -0.4 is 52.2 Å². The molecule has 6 amide bonds. The van der Waals surface area contributed by atoms with Gasteiger partial charge in [-0.3, -0.25) is 62.9 Å². The number of nitrogens with two attached hydrogens (primary N) is 1. The first kappa shape index (κ1) is 88.0. The number of aromatic nitrogens is 1. The van der Waals surface area contributed by atoms with Gasteiger partial charge in [0.15, 0.2) is 0 Å². The average molecular weight is 1620 g/mol. The number of carbonyl (C=O) groups is 9. The Morgan fingerprint density at radius 3 is 1.41 bits per heavy atom. The van der Waals surface area contributed by atoms with Crippen molar-refractivity contribution in [3.05, 3.63) is 265 Å². The van der Waals surface area contributed by atoms with Gasteiger partial charge in [-0.15, -0.1) is 0 Å². The zero-order valence-corrected chi connectivity index (χ0v) is 64.2. The summed E-state index contributed by atoms with van der Waals surface area (Å²) in [6, 6.07) is 56.6. The number of benzodiazepines with no additional fused rings is 3. The number of hydrogen-bond acceptors (Lipinski definition) is 22. The number of methoxy groups -OCH3 is 1. The number of benzene rings is 8. The lowest BCUT2D eigenvalue weighted by Crippen LogP contribution is -2.33. The van der Waals surface area contributed by atoms with E-state index in [4.69, 9.17) is 31.7 Å². The fraction of sp³-hybridized carbons (Fsp3) is 0.173. The number of fused-ring (bicyclic) bond motifs is 5. The molecule has 0 fully saturated rings. The first-order valence-corrected chi connectivity index (χ1v) is 37.5. The van der Waals surface area contributed by atoms with Gasteiger partial charge in [0, 0.05) is 68.6 Å². The monoisotopic (exact) mass is 1610 g/mol. The van der Waals surface area contributed by atoms with Crippen LogP contribution in [0.2, 0.25) is 0 Å². The highest BCUT2D eigenvalue weighted by Gasteiger charge is 2.26. The van der Waals surface area contributed by atoms with Gasteiger partial charge in [0.05, 0.1) is 88.6 Å². The molecule has 0 unspecified atom stereocenters. The summed E-state index contributed by atoms with van der Waals surface area (Å²) < 4.78 is 29.4. The van der Waals surface area contributed by atoms with E-state index in [-0.39, 0.29) is 68.2 Å². The van der Waals surface area contributed by atoms with Crippen LogP contribution >= 0.6 is 50.5 Å². The van der Waals surface area contributed by atoms with Crippen LogP contribution in [0.3, 0.4) is 0 Å². The zero-order valence-electron chi connectivity index (χ0n) is 60.3. The SMILES string of the molecule is CCOC(=O)c1ccc(C2=NCC(=O)N(C)c3ccccc32)cc1.CN1C(=O)CN=C(Cl)c2ccccc21.CN1C(=O)CN=C(c2ccc(C(=O)NO)cc2)c2ccccc21.CN1C(=O)CNC(=O)c2ccccc21.COC(=O)c1ccc(O[B]O)cc1.Cn1c(=O)oc(=O)c2ccccc21.NCC(=O)O.O=P(Cl)(Cl)Cl. The summed E-state index contributed by atoms with van der Waals surface area (Å²) in [6.45, 7) is 2.18. The van der Waals surface area contributed by atoms with Crippen molar-refractivity contribution < 1.29 is 81.6 Å². The Morgan fingerprint density at radius 2 is 0.955 bits per heavy atom. The summed E-state index contributed by atoms with van der Waals surface area (Å²) in [5.41, 5.74) is 16.8. The minimum atomic E-state index is -3.22. The highest BCUT2D eigenvalue weighted by molar-refractivity contribution is 8.24. The molecule has 30 nitrogen and oxygen atoms in total. The third-order valence-corrected chi connectivity index (χ3v) is 16.1. The maximum absolute atomic E-state index is 12.1. The van der Waals surface area contributed by atoms with Crippen LogP contribution in [0, 0.1) is 0 Å². The first-order chi connectivity index (χ1) is 52.9. The maximum Gasteiger partial charge on any atom is 0.569 e. The molecule has 4 aliphatic heterocycles. The number of carboxylic acids is 1. The third-order valence-electron chi connectivity index (χ3n) is 15.8. The number of carboxylic acid groups (broad SMARTS) is 1. The van der Waals surface area contributed by atoms with Crippen molar-refractivity contribution >= 4 is 162 Å². The number of hydroxylamine groups is 1. The van der Waals surface area contributed by atoms with Crippen LogP contribution in [0.15, 0.2) is 223 Å². The largest absolute Gasteiger partial charge is 0.569 e. The van der Waals surface area contributed by atoms with Gasteiger partial charge in [0.2, 0.25) is 23.6 Å². The van der Waals surface area contributed by atoms with Crippen molar-refractivity contribution in [1.29, 1.82) is 0 Å². The summed E-state index contributed by atoms with van der Waals surface area (Å²) in [6.07, 6.45) is 0. The number of aryl methyl sites for hydroxylation is 1. The van der Waals surface area contributed by atoms with Gasteiger partial charge in [-0.25, -0.2) is 24.7 Å². The van der Waals surface area contributed by atoms with E-state index >= 15 is 0 Å². The Kier molecular flexibility index (Phi) is 33.9. The summed E-state index contributed by atoms with van der Waals surface area (Å²) in [4.78, 5) is 143. The van der Waals surface area contributed by atoms with Gasteiger partial charge in [-0.2, -0.15) is 0 Å². The minimum Gasteiger partial charge on any atom is -0.537 e. The maximum atomic E-state index is 12.1. The molecule has 5 heterocycles. The normalized spacial score (nSPS) is 13.1. The molecule has 111 heavy (non-hydrogen) atoms. The van der Waals surface area contributed by atoms with E-state index in [9.17, 15) is 57.3 Å². The predicted molar refractivity (Wildman–Crippen MR) is 424 cm³/mol. The van der Waals surface area contributed by atoms with E-state index in [0.29, 0.717) is 69.8 Å². The van der Waals surface area contributed by atoms with Crippen molar-refractivity contribution in [2.24, 2.45) is 27.8 Å². The predicted octanol–water partition coefficient (Wildman–Crippen LogP) is 9.05. The number of aliphatic imine (C=N–C) groups is 3. The van der Waals surface area contributed by atoms with E-state index in [2.05, 4.69) is 73.6 Å². The third kappa shape index (κ3) is 25.3. The van der Waals surface area contributed by atoms with Gasteiger partial charge in [0.1, 0.15) is 30.6 Å². The molecule has 7 N–H and O–H groups in total. The molecule has 1 radical (unpaired) electrons. The Hall–Kier alpha value is -11.9. The number of para-hydroxylation sites is 5. The molecule has 0 saturated heterocycles. The lowest BCUT2D eigenvalue weighted by Gasteiger charge is -2.17. The van der Waals surface area contributed by atoms with Gasteiger partial charge >= 0.3 is 42.2 Å². The summed E-state index contributed by atoms with van der Waals surface area (Å²) in [7, 11) is 10.3. The Bertz CT molecular complexity index is 5130. The molecule has 0 atom stereocenters. The lowest BCUT2D eigenvalue weighted by molar-refractivity contribution is -0.135. The molecule has 13 rings (SSSR count). The summed E-state index contributed by atoms with van der Waals surface area (Å²) in [5.74, 6) is -2.96. The van der Waals surface area contributed by atoms with Crippen LogP contribution in [0.25, 0.3) is 10.9 Å². The Balaban J connectivity index is 0.000000206. The van der Waals surface area contributed by atoms with Crippen LogP contribution in [0.1, 0.15) is 76.2 Å². The standard InChI is InChI=1S/C19H18N2O3.C17H15N3O3.C10H9ClN2O.C10H10N2O2.C9H7NO3.C8H8BO4.C2H5NO2.Cl3OP/c1-3-24-19(23)14-10-8-13(9-11-14)18-15-6-4-5-7-16(15)21(2)17(22)12-20-18;1-20-14-5-3-2-4-13(14)16(18-10-15(20)21)11-6-8-12(9-7-11)17(22)19-23;1-13-8-5-3-2-4-7(8)10(11)12-6-9(13)14;1-12-8-5-3-2-4-7(8)10(14)11-6-9(12)13;1-10-7-5-3-2-4-6(7)8(11)13-9(10)12;1-12-8(10)6-2-4-7(5-3-6)13-9-11;3-1-2(4)5;1-5(2,3)4/h4-11H,3,12H2,1-2H3;2-9,23H,10H2,1H3,(H,19,22);2-5H,6H2,1H3;2-5H,6H2,1H3,(H,11,14);2-5H,1H3;2-5,11H,1H3;1,3H2,(H,4,5);. The smallest absolute Gasteiger partial charge is 0.537 e. The second-order valence-corrected chi connectivity index (χ2v) is 29.8. The molecule has 577 valence electrons. The van der Waals surface area contributed by atoms with Crippen molar-refractivity contribution in [2.45, 2.75) is 6.92 Å². The molecule has 1 aromatic heterocycles. The molecular formula is C75H72BCl4N11O19P. The number of amides is 6. The number of anilines is 4. The zero-order chi connectivity index (χ0) is 81.6. The topological polar surface area (TPSA) is 411 Å². The van der Waals surface area contributed by atoms with Gasteiger partial charge in [-0.1, -0.05) is 109 Å². The van der Waals surface area contributed by atoms with Gasteiger partial charge in [-0.05, 0) is 138 Å². The summed E-state index contributed by atoms with van der Waals surface area (Å²) >= 11 is 19.8. The quantitative estimate of drug-likeness (QED) is 0.0258. The summed E-state index contributed by atoms with van der Waals surface area (Å²) in [5, 5.41) is 24.7. The van der Waals surface area contributed by atoms with E-state index in [1.165, 1.54) is 16.6 Å². The average Bonchev–Trinajstić information content (AvgIpc) is 1.80. The number of hydrogen-bond donors (Lipinski definition) is 6. The molecule has 9 aromatic rings. The number of halogens is 4. The molecule has 0 spiro atoms. The van der Waals surface area contributed by atoms with E-state index in [1.807, 2.05) is 84.9 Å². The number of nitrogens with zero attached hydrogens (tertiary/aromatic N) is 8.